The van der Waals surface area contributed by atoms with Crippen molar-refractivity contribution in [1.82, 2.24) is 15.0 Å². The Morgan fingerprint density at radius 2 is 1.08 bits per heavy atom. The smallest absolute Gasteiger partial charge is 0.341 e. The third-order valence-electron chi connectivity index (χ3n) is 2.97. The first-order valence-corrected chi connectivity index (χ1v) is 6.68. The highest BCUT2D eigenvalue weighted by atomic mass is 16.7. The number of aromatic nitrogens is 3. The standard InChI is InChI=1S/C9H12N8O8/c1-3-13(4-2)9-11-5(7(14(18)19)15(20)21)10-6(12-9)8(16(22)23)17(24)25/h7-8H,3-4H2,1-2H3. The van der Waals surface area contributed by atoms with Crippen molar-refractivity contribution in [1.29, 1.82) is 0 Å². The van der Waals surface area contributed by atoms with Crippen LogP contribution in [0, 0.1) is 40.5 Å². The number of hydrogen-bond donors (Lipinski definition) is 0. The lowest BCUT2D eigenvalue weighted by molar-refractivity contribution is -0.756. The van der Waals surface area contributed by atoms with Gasteiger partial charge in [-0.1, -0.05) is 0 Å². The van der Waals surface area contributed by atoms with Gasteiger partial charge in [0.2, 0.25) is 5.95 Å². The Labute approximate surface area is 138 Å². The van der Waals surface area contributed by atoms with E-state index in [4.69, 9.17) is 0 Å². The second kappa shape index (κ2) is 7.79. The molecule has 136 valence electrons. The van der Waals surface area contributed by atoms with Crippen molar-refractivity contribution < 1.29 is 19.7 Å². The monoisotopic (exact) mass is 360 g/mol. The molecule has 0 spiro atoms. The summed E-state index contributed by atoms with van der Waals surface area (Å²) in [6.07, 6.45) is -5.29. The highest BCUT2D eigenvalue weighted by Gasteiger charge is 2.44. The Balaban J connectivity index is 3.67. The van der Waals surface area contributed by atoms with Crippen molar-refractivity contribution >= 4 is 5.95 Å². The molecule has 0 aromatic carbocycles. The highest BCUT2D eigenvalue weighted by molar-refractivity contribution is 5.29. The first kappa shape index (κ1) is 19.5. The van der Waals surface area contributed by atoms with Crippen LogP contribution in [0.3, 0.4) is 0 Å². The van der Waals surface area contributed by atoms with Crippen LogP contribution in [-0.2, 0) is 0 Å². The maximum atomic E-state index is 10.9. The number of anilines is 1. The lowest BCUT2D eigenvalue weighted by Crippen LogP contribution is -2.31. The van der Waals surface area contributed by atoms with E-state index in [2.05, 4.69) is 15.0 Å². The molecule has 1 heterocycles. The van der Waals surface area contributed by atoms with Crippen LogP contribution >= 0.6 is 0 Å². The molecule has 0 saturated carbocycles. The average molecular weight is 360 g/mol. The zero-order chi connectivity index (χ0) is 19.3. The van der Waals surface area contributed by atoms with Crippen LogP contribution in [-0.4, -0.2) is 47.7 Å². The summed E-state index contributed by atoms with van der Waals surface area (Å²) >= 11 is 0. The second-order valence-electron chi connectivity index (χ2n) is 4.41. The zero-order valence-corrected chi connectivity index (χ0v) is 12.9. The summed E-state index contributed by atoms with van der Waals surface area (Å²) in [7, 11) is 0. The first-order valence-electron chi connectivity index (χ1n) is 6.68. The van der Waals surface area contributed by atoms with Gasteiger partial charge in [-0.15, -0.1) is 0 Å². The molecule has 0 N–H and O–H groups in total. The molecule has 0 saturated heterocycles. The average Bonchev–Trinajstić information content (AvgIpc) is 2.46. The van der Waals surface area contributed by atoms with E-state index in [0.717, 1.165) is 0 Å². The van der Waals surface area contributed by atoms with Crippen molar-refractivity contribution in [2.45, 2.75) is 26.2 Å². The van der Waals surface area contributed by atoms with Gasteiger partial charge in [0.1, 0.15) is 19.7 Å². The summed E-state index contributed by atoms with van der Waals surface area (Å²) < 4.78 is 0. The Kier molecular flexibility index (Phi) is 6.07. The van der Waals surface area contributed by atoms with E-state index < -0.39 is 43.7 Å². The van der Waals surface area contributed by atoms with Gasteiger partial charge in [0.15, 0.2) is 0 Å². The van der Waals surface area contributed by atoms with Gasteiger partial charge in [-0.05, 0) is 13.8 Å². The van der Waals surface area contributed by atoms with E-state index in [1.165, 1.54) is 4.90 Å². The highest BCUT2D eigenvalue weighted by Crippen LogP contribution is 2.21. The van der Waals surface area contributed by atoms with E-state index in [1.54, 1.807) is 13.8 Å². The van der Waals surface area contributed by atoms with Crippen molar-refractivity contribution in [3.05, 3.63) is 52.1 Å². The minimum atomic E-state index is -2.64. The normalized spacial score (nSPS) is 10.7. The van der Waals surface area contributed by atoms with E-state index in [-0.39, 0.29) is 19.0 Å². The quantitative estimate of drug-likeness (QED) is 0.318. The lowest BCUT2D eigenvalue weighted by atomic mass is 10.4. The molecule has 0 aliphatic rings. The zero-order valence-electron chi connectivity index (χ0n) is 12.9. The predicted octanol–water partition coefficient (Wildman–Crippen LogP) is -0.178. The molecule has 0 bridgehead atoms. The first-order chi connectivity index (χ1) is 11.6. The van der Waals surface area contributed by atoms with Crippen LogP contribution in [0.4, 0.5) is 5.95 Å². The molecule has 0 amide bonds. The van der Waals surface area contributed by atoms with Crippen LogP contribution in [0.15, 0.2) is 0 Å². The van der Waals surface area contributed by atoms with Gasteiger partial charge in [0.25, 0.3) is 11.6 Å². The largest absolute Gasteiger partial charge is 0.509 e. The number of hydrogen-bond acceptors (Lipinski definition) is 12. The molecular weight excluding hydrogens is 348 g/mol. The Morgan fingerprint density at radius 3 is 1.32 bits per heavy atom. The third kappa shape index (κ3) is 4.24. The van der Waals surface area contributed by atoms with Crippen LogP contribution in [0.1, 0.15) is 37.8 Å². The molecule has 1 rings (SSSR count). The number of rotatable bonds is 9. The van der Waals surface area contributed by atoms with Gasteiger partial charge in [-0.25, -0.2) is 0 Å². The lowest BCUT2D eigenvalue weighted by Gasteiger charge is -2.18. The van der Waals surface area contributed by atoms with Crippen LogP contribution in [0.5, 0.6) is 0 Å². The second-order valence-corrected chi connectivity index (χ2v) is 4.41. The molecular formula is C9H12N8O8. The maximum absolute atomic E-state index is 10.9. The molecule has 16 nitrogen and oxygen atoms in total. The third-order valence-corrected chi connectivity index (χ3v) is 2.97. The molecule has 1 aromatic rings. The van der Waals surface area contributed by atoms with Gasteiger partial charge in [-0.3, -0.25) is 40.5 Å². The van der Waals surface area contributed by atoms with E-state index in [1.807, 2.05) is 0 Å². The molecule has 0 aliphatic heterocycles. The summed E-state index contributed by atoms with van der Waals surface area (Å²) in [5.74, 6) is -2.43. The summed E-state index contributed by atoms with van der Waals surface area (Å²) in [6, 6.07) is 0. The van der Waals surface area contributed by atoms with Gasteiger partial charge in [0, 0.05) is 13.1 Å². The molecule has 1 aromatic heterocycles. The number of nitrogens with zero attached hydrogens (tertiary/aromatic N) is 8. The molecule has 0 aliphatic carbocycles. The van der Waals surface area contributed by atoms with Gasteiger partial charge in [0.05, 0.1) is 0 Å². The van der Waals surface area contributed by atoms with Crippen LogP contribution in [0.2, 0.25) is 0 Å². The Morgan fingerprint density at radius 1 is 0.760 bits per heavy atom. The molecule has 0 radical (unpaired) electrons. The molecule has 16 heteroatoms. The van der Waals surface area contributed by atoms with Crippen molar-refractivity contribution in [3.8, 4) is 0 Å². The summed E-state index contributed by atoms with van der Waals surface area (Å²) in [4.78, 5) is 50.1. The Bertz CT molecular complexity index is 629. The van der Waals surface area contributed by atoms with Crippen LogP contribution < -0.4 is 4.90 Å². The minimum absolute atomic E-state index is 0.239. The minimum Gasteiger partial charge on any atom is -0.341 e. The fourth-order valence-corrected chi connectivity index (χ4v) is 1.81. The van der Waals surface area contributed by atoms with Gasteiger partial charge >= 0.3 is 12.3 Å². The van der Waals surface area contributed by atoms with Crippen molar-refractivity contribution in [2.24, 2.45) is 0 Å². The van der Waals surface area contributed by atoms with E-state index in [9.17, 15) is 40.5 Å². The van der Waals surface area contributed by atoms with Crippen molar-refractivity contribution in [3.63, 3.8) is 0 Å². The molecule has 0 fully saturated rings. The summed E-state index contributed by atoms with van der Waals surface area (Å²) in [5.41, 5.74) is 0. The summed E-state index contributed by atoms with van der Waals surface area (Å²) in [6.45, 7) is 3.73. The van der Waals surface area contributed by atoms with Gasteiger partial charge in [-0.2, -0.15) is 15.0 Å². The molecule has 25 heavy (non-hydrogen) atoms. The topological polar surface area (TPSA) is 214 Å². The molecule has 0 unspecified atom stereocenters. The van der Waals surface area contributed by atoms with E-state index in [0.29, 0.717) is 0 Å². The van der Waals surface area contributed by atoms with Gasteiger partial charge < -0.3 is 4.90 Å². The Hall–Kier alpha value is -3.59. The SMILES string of the molecule is CCN(CC)c1nc(C([N+](=O)[O-])[N+](=O)[O-])nc(C([N+](=O)[O-])[N+](=O)[O-])n1. The summed E-state index contributed by atoms with van der Waals surface area (Å²) in [5, 5.41) is 43.6. The molecule has 0 atom stereocenters. The fraction of sp³-hybridized carbons (Fsp3) is 0.667. The van der Waals surface area contributed by atoms with Crippen molar-refractivity contribution in [2.75, 3.05) is 18.0 Å². The maximum Gasteiger partial charge on any atom is 0.509 e. The fourth-order valence-electron chi connectivity index (χ4n) is 1.81. The van der Waals surface area contributed by atoms with E-state index >= 15 is 0 Å². The van der Waals surface area contributed by atoms with Crippen LogP contribution in [0.25, 0.3) is 0 Å². The predicted molar refractivity (Wildman–Crippen MR) is 76.8 cm³/mol. The number of nitro groups is 4.